The van der Waals surface area contributed by atoms with Crippen LogP contribution >= 0.6 is 11.8 Å². The van der Waals surface area contributed by atoms with Crippen molar-refractivity contribution >= 4 is 11.8 Å². The molecule has 0 amide bonds. The first-order chi connectivity index (χ1) is 8.54. The molecule has 0 unspecified atom stereocenters. The molecule has 0 aliphatic rings. The highest BCUT2D eigenvalue weighted by Gasteiger charge is 2.17. The summed E-state index contributed by atoms with van der Waals surface area (Å²) in [5.41, 5.74) is -0.303. The SMILES string of the molecule is CCCn1c(CO)nnc1SCCC(C)(C)C#N. The predicted octanol–water partition coefficient (Wildman–Crippen LogP) is 2.21. The molecule has 1 heterocycles. The fourth-order valence-electron chi connectivity index (χ4n) is 1.44. The Morgan fingerprint density at radius 3 is 2.72 bits per heavy atom. The van der Waals surface area contributed by atoms with Crippen molar-refractivity contribution in [1.29, 1.82) is 5.26 Å². The molecule has 6 heteroatoms. The normalized spacial score (nSPS) is 11.5. The lowest BCUT2D eigenvalue weighted by Gasteiger charge is -2.14. The quantitative estimate of drug-likeness (QED) is 0.767. The minimum atomic E-state index is -0.303. The zero-order chi connectivity index (χ0) is 13.6. The van der Waals surface area contributed by atoms with Crippen molar-refractivity contribution in [2.45, 2.75) is 51.9 Å². The van der Waals surface area contributed by atoms with Crippen LogP contribution in [0.2, 0.25) is 0 Å². The smallest absolute Gasteiger partial charge is 0.191 e. The van der Waals surface area contributed by atoms with Crippen molar-refractivity contribution < 1.29 is 5.11 Å². The van der Waals surface area contributed by atoms with Gasteiger partial charge in [-0.15, -0.1) is 10.2 Å². The molecule has 0 spiro atoms. The van der Waals surface area contributed by atoms with Crippen LogP contribution in [0.4, 0.5) is 0 Å². The highest BCUT2D eigenvalue weighted by Crippen LogP contribution is 2.25. The molecule has 1 rings (SSSR count). The highest BCUT2D eigenvalue weighted by molar-refractivity contribution is 7.99. The average Bonchev–Trinajstić information content (AvgIpc) is 2.72. The molecular weight excluding hydrogens is 248 g/mol. The molecule has 100 valence electrons. The van der Waals surface area contributed by atoms with E-state index in [0.717, 1.165) is 30.3 Å². The summed E-state index contributed by atoms with van der Waals surface area (Å²) < 4.78 is 1.95. The Kier molecular flexibility index (Phi) is 5.63. The number of aliphatic hydroxyl groups is 1. The minimum absolute atomic E-state index is 0.0861. The van der Waals surface area contributed by atoms with Gasteiger partial charge in [-0.05, 0) is 26.7 Å². The lowest BCUT2D eigenvalue weighted by molar-refractivity contribution is 0.263. The molecule has 0 fully saturated rings. The largest absolute Gasteiger partial charge is 0.388 e. The standard InChI is InChI=1S/C12H20N4OS/c1-4-6-16-10(8-17)14-15-11(16)18-7-5-12(2,3)9-13/h17H,4-8H2,1-3H3. The van der Waals surface area contributed by atoms with Crippen LogP contribution in [-0.4, -0.2) is 25.6 Å². The third-order valence-electron chi connectivity index (χ3n) is 2.64. The van der Waals surface area contributed by atoms with E-state index in [1.54, 1.807) is 11.8 Å². The fourth-order valence-corrected chi connectivity index (χ4v) is 2.69. The van der Waals surface area contributed by atoms with Crippen LogP contribution in [0.3, 0.4) is 0 Å². The van der Waals surface area contributed by atoms with Gasteiger partial charge < -0.3 is 9.67 Å². The maximum Gasteiger partial charge on any atom is 0.191 e. The van der Waals surface area contributed by atoms with Crippen LogP contribution in [0.5, 0.6) is 0 Å². The first-order valence-electron chi connectivity index (χ1n) is 6.11. The second-order valence-corrected chi connectivity index (χ2v) is 5.86. The molecule has 1 aromatic heterocycles. The van der Waals surface area contributed by atoms with Crippen molar-refractivity contribution in [3.63, 3.8) is 0 Å². The van der Waals surface area contributed by atoms with Crippen LogP contribution in [0, 0.1) is 16.7 Å². The van der Waals surface area contributed by atoms with Gasteiger partial charge in [-0.2, -0.15) is 5.26 Å². The number of rotatable bonds is 7. The summed E-state index contributed by atoms with van der Waals surface area (Å²) in [7, 11) is 0. The van der Waals surface area contributed by atoms with Gasteiger partial charge in [-0.3, -0.25) is 0 Å². The molecule has 0 aliphatic carbocycles. The van der Waals surface area contributed by atoms with Gasteiger partial charge in [0.1, 0.15) is 6.61 Å². The summed E-state index contributed by atoms with van der Waals surface area (Å²) in [5, 5.41) is 27.0. The van der Waals surface area contributed by atoms with Gasteiger partial charge >= 0.3 is 0 Å². The van der Waals surface area contributed by atoms with E-state index in [4.69, 9.17) is 5.26 Å². The maximum atomic E-state index is 9.18. The monoisotopic (exact) mass is 268 g/mol. The number of hydrogen-bond donors (Lipinski definition) is 1. The van der Waals surface area contributed by atoms with Crippen molar-refractivity contribution in [2.75, 3.05) is 5.75 Å². The van der Waals surface area contributed by atoms with Gasteiger partial charge in [0.05, 0.1) is 11.5 Å². The van der Waals surface area contributed by atoms with Crippen molar-refractivity contribution in [3.8, 4) is 6.07 Å². The fraction of sp³-hybridized carbons (Fsp3) is 0.750. The number of aliphatic hydroxyl groups excluding tert-OH is 1. The van der Waals surface area contributed by atoms with E-state index in [1.165, 1.54) is 0 Å². The Morgan fingerprint density at radius 2 is 2.17 bits per heavy atom. The van der Waals surface area contributed by atoms with Gasteiger partial charge in [0.15, 0.2) is 11.0 Å². The van der Waals surface area contributed by atoms with E-state index < -0.39 is 0 Å². The molecule has 0 saturated carbocycles. The number of nitrogens with zero attached hydrogens (tertiary/aromatic N) is 4. The summed E-state index contributed by atoms with van der Waals surface area (Å²) in [4.78, 5) is 0. The second kappa shape index (κ2) is 6.76. The molecule has 0 bridgehead atoms. The highest BCUT2D eigenvalue weighted by atomic mass is 32.2. The number of hydrogen-bond acceptors (Lipinski definition) is 5. The molecule has 0 saturated heterocycles. The summed E-state index contributed by atoms with van der Waals surface area (Å²) >= 11 is 1.59. The van der Waals surface area contributed by atoms with E-state index in [9.17, 15) is 5.11 Å². The number of thioether (sulfide) groups is 1. The van der Waals surface area contributed by atoms with Gasteiger partial charge in [0, 0.05) is 12.3 Å². The lowest BCUT2D eigenvalue weighted by atomic mass is 9.93. The topological polar surface area (TPSA) is 74.7 Å². The molecule has 5 nitrogen and oxygen atoms in total. The van der Waals surface area contributed by atoms with Gasteiger partial charge in [-0.25, -0.2) is 0 Å². The van der Waals surface area contributed by atoms with Crippen LogP contribution in [0.15, 0.2) is 5.16 Å². The van der Waals surface area contributed by atoms with Gasteiger partial charge in [0.25, 0.3) is 0 Å². The second-order valence-electron chi connectivity index (χ2n) is 4.80. The molecule has 0 aliphatic heterocycles. The zero-order valence-corrected chi connectivity index (χ0v) is 12.0. The molecule has 0 radical (unpaired) electrons. The summed E-state index contributed by atoms with van der Waals surface area (Å²) in [6, 6.07) is 2.29. The molecule has 0 atom stereocenters. The van der Waals surface area contributed by atoms with E-state index in [0.29, 0.717) is 5.82 Å². The van der Waals surface area contributed by atoms with E-state index in [-0.39, 0.29) is 12.0 Å². The maximum absolute atomic E-state index is 9.18. The van der Waals surface area contributed by atoms with Crippen LogP contribution in [-0.2, 0) is 13.2 Å². The zero-order valence-electron chi connectivity index (χ0n) is 11.2. The van der Waals surface area contributed by atoms with Crippen molar-refractivity contribution in [2.24, 2.45) is 5.41 Å². The molecule has 0 aromatic carbocycles. The van der Waals surface area contributed by atoms with Gasteiger partial charge in [0.2, 0.25) is 0 Å². The van der Waals surface area contributed by atoms with Crippen LogP contribution < -0.4 is 0 Å². The Balaban J connectivity index is 2.62. The third kappa shape index (κ3) is 4.00. The summed E-state index contributed by atoms with van der Waals surface area (Å²) in [6.45, 7) is 6.67. The van der Waals surface area contributed by atoms with E-state index in [2.05, 4.69) is 23.2 Å². The number of aromatic nitrogens is 3. The van der Waals surface area contributed by atoms with Crippen molar-refractivity contribution in [3.05, 3.63) is 5.82 Å². The number of nitriles is 1. The lowest BCUT2D eigenvalue weighted by Crippen LogP contribution is -2.09. The molecule has 18 heavy (non-hydrogen) atoms. The van der Waals surface area contributed by atoms with Gasteiger partial charge in [-0.1, -0.05) is 18.7 Å². The molecule has 1 aromatic rings. The van der Waals surface area contributed by atoms with Crippen molar-refractivity contribution in [1.82, 2.24) is 14.8 Å². The first-order valence-corrected chi connectivity index (χ1v) is 7.09. The Bertz CT molecular complexity index is 422. The summed E-state index contributed by atoms with van der Waals surface area (Å²) in [6.07, 6.45) is 1.78. The van der Waals surface area contributed by atoms with Crippen LogP contribution in [0.25, 0.3) is 0 Å². The Labute approximate surface area is 112 Å². The van der Waals surface area contributed by atoms with Crippen LogP contribution in [0.1, 0.15) is 39.4 Å². The van der Waals surface area contributed by atoms with E-state index >= 15 is 0 Å². The Hall–Kier alpha value is -1.06. The first kappa shape index (κ1) is 15.0. The molecular formula is C12H20N4OS. The predicted molar refractivity (Wildman–Crippen MR) is 71.0 cm³/mol. The third-order valence-corrected chi connectivity index (χ3v) is 3.61. The average molecular weight is 268 g/mol. The minimum Gasteiger partial charge on any atom is -0.388 e. The summed E-state index contributed by atoms with van der Waals surface area (Å²) in [5.74, 6) is 1.44. The van der Waals surface area contributed by atoms with E-state index in [1.807, 2.05) is 18.4 Å². The molecule has 1 N–H and O–H groups in total. The Morgan fingerprint density at radius 1 is 1.44 bits per heavy atom.